The van der Waals surface area contributed by atoms with Gasteiger partial charge in [-0.05, 0) is 36.4 Å². The third-order valence-corrected chi connectivity index (χ3v) is 3.18. The standard InChI is InChI=1S/C17H18N4O2/c1-2-22-15-8-10-16(11-9-15)23-13-12-21-19-17(18-20-21)14-6-4-3-5-7-14/h3-11H,2,12-13H2,1H3. The van der Waals surface area contributed by atoms with E-state index in [2.05, 4.69) is 15.4 Å². The summed E-state index contributed by atoms with van der Waals surface area (Å²) < 4.78 is 11.1. The molecular weight excluding hydrogens is 292 g/mol. The second-order valence-electron chi connectivity index (χ2n) is 4.83. The van der Waals surface area contributed by atoms with Crippen LogP contribution < -0.4 is 9.47 Å². The van der Waals surface area contributed by atoms with Crippen molar-refractivity contribution in [2.75, 3.05) is 13.2 Å². The molecule has 0 aliphatic heterocycles. The summed E-state index contributed by atoms with van der Waals surface area (Å²) in [6.45, 7) is 3.62. The molecule has 0 spiro atoms. The zero-order valence-electron chi connectivity index (χ0n) is 12.9. The van der Waals surface area contributed by atoms with E-state index in [9.17, 15) is 0 Å². The van der Waals surface area contributed by atoms with Gasteiger partial charge in [-0.1, -0.05) is 30.3 Å². The van der Waals surface area contributed by atoms with Gasteiger partial charge in [0, 0.05) is 5.56 Å². The molecular formula is C17H18N4O2. The van der Waals surface area contributed by atoms with Crippen molar-refractivity contribution in [3.63, 3.8) is 0 Å². The van der Waals surface area contributed by atoms with Crippen molar-refractivity contribution in [1.29, 1.82) is 0 Å². The topological polar surface area (TPSA) is 62.1 Å². The van der Waals surface area contributed by atoms with E-state index in [0.717, 1.165) is 17.1 Å². The normalized spacial score (nSPS) is 10.5. The van der Waals surface area contributed by atoms with E-state index >= 15 is 0 Å². The maximum Gasteiger partial charge on any atom is 0.204 e. The van der Waals surface area contributed by atoms with Crippen molar-refractivity contribution < 1.29 is 9.47 Å². The fraction of sp³-hybridized carbons (Fsp3) is 0.235. The minimum absolute atomic E-state index is 0.471. The minimum Gasteiger partial charge on any atom is -0.494 e. The second kappa shape index (κ2) is 7.40. The molecule has 23 heavy (non-hydrogen) atoms. The molecule has 2 aromatic carbocycles. The number of hydrogen-bond acceptors (Lipinski definition) is 5. The third-order valence-electron chi connectivity index (χ3n) is 3.18. The molecule has 0 saturated carbocycles. The van der Waals surface area contributed by atoms with Crippen LogP contribution in [-0.4, -0.2) is 33.4 Å². The average Bonchev–Trinajstić information content (AvgIpc) is 3.06. The summed E-state index contributed by atoms with van der Waals surface area (Å²) in [5, 5.41) is 12.4. The van der Waals surface area contributed by atoms with E-state index in [-0.39, 0.29) is 0 Å². The number of nitrogens with zero attached hydrogens (tertiary/aromatic N) is 4. The number of rotatable bonds is 7. The predicted molar refractivity (Wildman–Crippen MR) is 86.4 cm³/mol. The number of benzene rings is 2. The highest BCUT2D eigenvalue weighted by Crippen LogP contribution is 2.17. The van der Waals surface area contributed by atoms with Crippen LogP contribution in [0.5, 0.6) is 11.5 Å². The molecule has 0 fully saturated rings. The van der Waals surface area contributed by atoms with E-state index < -0.39 is 0 Å². The van der Waals surface area contributed by atoms with Crippen molar-refractivity contribution in [3.8, 4) is 22.9 Å². The zero-order chi connectivity index (χ0) is 15.9. The summed E-state index contributed by atoms with van der Waals surface area (Å²) in [7, 11) is 0. The van der Waals surface area contributed by atoms with Gasteiger partial charge in [-0.3, -0.25) is 0 Å². The van der Waals surface area contributed by atoms with Crippen molar-refractivity contribution in [1.82, 2.24) is 20.2 Å². The highest BCUT2D eigenvalue weighted by atomic mass is 16.5. The largest absolute Gasteiger partial charge is 0.494 e. The van der Waals surface area contributed by atoms with Crippen LogP contribution in [0.3, 0.4) is 0 Å². The van der Waals surface area contributed by atoms with Crippen molar-refractivity contribution >= 4 is 0 Å². The maximum atomic E-state index is 5.67. The summed E-state index contributed by atoms with van der Waals surface area (Å²) >= 11 is 0. The quantitative estimate of drug-likeness (QED) is 0.671. The Kier molecular flexibility index (Phi) is 4.83. The van der Waals surface area contributed by atoms with Gasteiger partial charge < -0.3 is 9.47 Å². The molecule has 6 heteroatoms. The molecule has 118 valence electrons. The Morgan fingerprint density at radius 3 is 2.30 bits per heavy atom. The Balaban J connectivity index is 1.52. The summed E-state index contributed by atoms with van der Waals surface area (Å²) in [5.74, 6) is 2.24. The van der Waals surface area contributed by atoms with Gasteiger partial charge in [0.15, 0.2) is 0 Å². The molecule has 0 atom stereocenters. The first-order valence-corrected chi connectivity index (χ1v) is 7.54. The van der Waals surface area contributed by atoms with Crippen molar-refractivity contribution in [2.24, 2.45) is 0 Å². The number of aromatic nitrogens is 4. The first-order valence-electron chi connectivity index (χ1n) is 7.54. The highest BCUT2D eigenvalue weighted by Gasteiger charge is 2.05. The lowest BCUT2D eigenvalue weighted by molar-refractivity contribution is 0.279. The average molecular weight is 310 g/mol. The lowest BCUT2D eigenvalue weighted by atomic mass is 10.2. The molecule has 1 aromatic heterocycles. The smallest absolute Gasteiger partial charge is 0.204 e. The Morgan fingerprint density at radius 1 is 0.913 bits per heavy atom. The summed E-state index contributed by atoms with van der Waals surface area (Å²) in [4.78, 5) is 1.54. The number of ether oxygens (including phenoxy) is 2. The van der Waals surface area contributed by atoms with Crippen LogP contribution in [0.2, 0.25) is 0 Å². The highest BCUT2D eigenvalue weighted by molar-refractivity contribution is 5.52. The lowest BCUT2D eigenvalue weighted by Gasteiger charge is -2.07. The molecule has 0 N–H and O–H groups in total. The molecule has 3 aromatic rings. The van der Waals surface area contributed by atoms with Crippen molar-refractivity contribution in [3.05, 3.63) is 54.6 Å². The van der Waals surface area contributed by atoms with E-state index in [1.54, 1.807) is 0 Å². The van der Waals surface area contributed by atoms with Gasteiger partial charge in [-0.2, -0.15) is 4.80 Å². The molecule has 0 saturated heterocycles. The fourth-order valence-electron chi connectivity index (χ4n) is 2.08. The molecule has 3 rings (SSSR count). The second-order valence-corrected chi connectivity index (χ2v) is 4.83. The van der Waals surface area contributed by atoms with Crippen LogP contribution in [0.4, 0.5) is 0 Å². The van der Waals surface area contributed by atoms with Gasteiger partial charge in [0.25, 0.3) is 0 Å². The molecule has 0 amide bonds. The van der Waals surface area contributed by atoms with Gasteiger partial charge in [-0.15, -0.1) is 10.2 Å². The van der Waals surface area contributed by atoms with Crippen LogP contribution in [0, 0.1) is 0 Å². The minimum atomic E-state index is 0.471. The molecule has 0 radical (unpaired) electrons. The molecule has 0 aliphatic rings. The van der Waals surface area contributed by atoms with E-state index in [1.807, 2.05) is 61.5 Å². The monoisotopic (exact) mass is 310 g/mol. The Bertz CT molecular complexity index is 726. The Labute approximate surface area is 134 Å². The molecule has 6 nitrogen and oxygen atoms in total. The lowest BCUT2D eigenvalue weighted by Crippen LogP contribution is -2.11. The first-order chi connectivity index (χ1) is 11.3. The SMILES string of the molecule is CCOc1ccc(OCCn2nnc(-c3ccccc3)n2)cc1. The van der Waals surface area contributed by atoms with Gasteiger partial charge in [0.05, 0.1) is 13.2 Å². The molecule has 0 unspecified atom stereocenters. The maximum absolute atomic E-state index is 5.67. The Morgan fingerprint density at radius 2 is 1.61 bits per heavy atom. The molecule has 1 heterocycles. The Hall–Kier alpha value is -2.89. The third kappa shape index (κ3) is 4.06. The van der Waals surface area contributed by atoms with Gasteiger partial charge in [0.2, 0.25) is 5.82 Å². The van der Waals surface area contributed by atoms with Crippen LogP contribution in [0.25, 0.3) is 11.4 Å². The number of tetrazole rings is 1. The van der Waals surface area contributed by atoms with Crippen LogP contribution in [0.1, 0.15) is 6.92 Å². The van der Waals surface area contributed by atoms with Gasteiger partial charge in [0.1, 0.15) is 18.1 Å². The van der Waals surface area contributed by atoms with E-state index in [0.29, 0.717) is 25.6 Å². The fourth-order valence-corrected chi connectivity index (χ4v) is 2.08. The van der Waals surface area contributed by atoms with Crippen LogP contribution in [0.15, 0.2) is 54.6 Å². The van der Waals surface area contributed by atoms with Crippen molar-refractivity contribution in [2.45, 2.75) is 13.5 Å². The van der Waals surface area contributed by atoms with E-state index in [4.69, 9.17) is 9.47 Å². The van der Waals surface area contributed by atoms with E-state index in [1.165, 1.54) is 4.80 Å². The van der Waals surface area contributed by atoms with Crippen LogP contribution >= 0.6 is 0 Å². The van der Waals surface area contributed by atoms with Gasteiger partial charge >= 0.3 is 0 Å². The van der Waals surface area contributed by atoms with Gasteiger partial charge in [-0.25, -0.2) is 0 Å². The van der Waals surface area contributed by atoms with Crippen LogP contribution in [-0.2, 0) is 6.54 Å². The molecule has 0 bridgehead atoms. The summed E-state index contributed by atoms with van der Waals surface area (Å²) in [6, 6.07) is 17.3. The first kappa shape index (κ1) is 15.0. The summed E-state index contributed by atoms with van der Waals surface area (Å²) in [5.41, 5.74) is 0.950. The molecule has 0 aliphatic carbocycles. The zero-order valence-corrected chi connectivity index (χ0v) is 12.9. The predicted octanol–water partition coefficient (Wildman–Crippen LogP) is 2.82. The number of hydrogen-bond donors (Lipinski definition) is 0. The summed E-state index contributed by atoms with van der Waals surface area (Å²) in [6.07, 6.45) is 0.